The number of piperidine rings is 2. The van der Waals surface area contributed by atoms with Crippen molar-refractivity contribution in [1.82, 2.24) is 9.80 Å². The van der Waals surface area contributed by atoms with Gasteiger partial charge in [0.05, 0.1) is 4.92 Å². The molecule has 0 saturated carbocycles. The van der Waals surface area contributed by atoms with Gasteiger partial charge in [-0.3, -0.25) is 19.7 Å². The zero-order chi connectivity index (χ0) is 19.2. The molecule has 2 amide bonds. The van der Waals surface area contributed by atoms with E-state index in [0.29, 0.717) is 25.9 Å². The minimum Gasteiger partial charge on any atom is -0.342 e. The summed E-state index contributed by atoms with van der Waals surface area (Å²) in [5.74, 6) is 0.200. The minimum absolute atomic E-state index is 0.0268. The van der Waals surface area contributed by atoms with Crippen LogP contribution >= 0.6 is 0 Å². The number of nitro groups is 1. The van der Waals surface area contributed by atoms with Crippen molar-refractivity contribution in [1.29, 1.82) is 0 Å². The molecule has 1 aromatic rings. The van der Waals surface area contributed by atoms with Crippen molar-refractivity contribution in [2.24, 2.45) is 5.92 Å². The van der Waals surface area contributed by atoms with Gasteiger partial charge in [0.25, 0.3) is 5.69 Å². The standard InChI is InChI=1S/C20H25N3O4/c24-19(9-6-16-4-7-18(8-5-16)23(26)27)21-14-10-17(11-15-21)20(25)22-12-2-1-3-13-22/h4-9,17H,1-3,10-15H2/b9-6+. The SMILES string of the molecule is O=C(/C=C/c1ccc([N+](=O)[O-])cc1)N1CCC(C(=O)N2CCCCC2)CC1. The van der Waals surface area contributed by atoms with Crippen LogP contribution in [0.1, 0.15) is 37.7 Å². The molecule has 2 heterocycles. The van der Waals surface area contributed by atoms with Crippen LogP contribution in [-0.4, -0.2) is 52.7 Å². The molecule has 2 aliphatic heterocycles. The Morgan fingerprint density at radius 2 is 1.59 bits per heavy atom. The van der Waals surface area contributed by atoms with E-state index < -0.39 is 4.92 Å². The van der Waals surface area contributed by atoms with Gasteiger partial charge in [-0.15, -0.1) is 0 Å². The third-order valence-corrected chi connectivity index (χ3v) is 5.35. The van der Waals surface area contributed by atoms with Gasteiger partial charge in [0.2, 0.25) is 11.8 Å². The number of nitro benzene ring substituents is 1. The Hall–Kier alpha value is -2.70. The van der Waals surface area contributed by atoms with Gasteiger partial charge in [-0.2, -0.15) is 0 Å². The fourth-order valence-corrected chi connectivity index (χ4v) is 3.70. The Balaban J connectivity index is 1.49. The highest BCUT2D eigenvalue weighted by Gasteiger charge is 2.30. The molecule has 0 bridgehead atoms. The normalized spacial score (nSPS) is 18.7. The zero-order valence-electron chi connectivity index (χ0n) is 15.4. The first-order valence-corrected chi connectivity index (χ1v) is 9.55. The van der Waals surface area contributed by atoms with Crippen molar-refractivity contribution in [3.8, 4) is 0 Å². The Morgan fingerprint density at radius 3 is 2.19 bits per heavy atom. The molecule has 2 aliphatic rings. The predicted molar refractivity (Wildman–Crippen MR) is 102 cm³/mol. The number of carbonyl (C=O) groups is 2. The molecule has 144 valence electrons. The third-order valence-electron chi connectivity index (χ3n) is 5.35. The molecular formula is C20H25N3O4. The topological polar surface area (TPSA) is 83.8 Å². The summed E-state index contributed by atoms with van der Waals surface area (Å²) in [5, 5.41) is 10.7. The van der Waals surface area contributed by atoms with Crippen LogP contribution in [0, 0.1) is 16.0 Å². The predicted octanol–water partition coefficient (Wildman–Crippen LogP) is 2.86. The number of rotatable bonds is 4. The number of nitrogens with zero attached hydrogens (tertiary/aromatic N) is 3. The molecule has 0 aliphatic carbocycles. The van der Waals surface area contributed by atoms with Crippen molar-refractivity contribution >= 4 is 23.6 Å². The second-order valence-electron chi connectivity index (χ2n) is 7.17. The highest BCUT2D eigenvalue weighted by atomic mass is 16.6. The Labute approximate surface area is 158 Å². The zero-order valence-corrected chi connectivity index (χ0v) is 15.4. The van der Waals surface area contributed by atoms with Gasteiger partial charge in [-0.25, -0.2) is 0 Å². The maximum absolute atomic E-state index is 12.6. The number of hydrogen-bond acceptors (Lipinski definition) is 4. The van der Waals surface area contributed by atoms with Crippen LogP contribution in [-0.2, 0) is 9.59 Å². The maximum Gasteiger partial charge on any atom is 0.269 e. The Morgan fingerprint density at radius 1 is 0.963 bits per heavy atom. The van der Waals surface area contributed by atoms with Crippen LogP contribution in [0.2, 0.25) is 0 Å². The second-order valence-corrected chi connectivity index (χ2v) is 7.17. The molecule has 0 N–H and O–H groups in total. The summed E-state index contributed by atoms with van der Waals surface area (Å²) in [6, 6.07) is 6.07. The second kappa shape index (κ2) is 8.79. The van der Waals surface area contributed by atoms with Crippen LogP contribution in [0.25, 0.3) is 6.08 Å². The highest BCUT2D eigenvalue weighted by Crippen LogP contribution is 2.22. The van der Waals surface area contributed by atoms with Gasteiger partial charge in [-0.05, 0) is 55.9 Å². The molecule has 0 spiro atoms. The molecule has 7 heteroatoms. The van der Waals surface area contributed by atoms with E-state index in [1.807, 2.05) is 4.90 Å². The first-order valence-electron chi connectivity index (χ1n) is 9.55. The number of carbonyl (C=O) groups excluding carboxylic acids is 2. The van der Waals surface area contributed by atoms with E-state index in [4.69, 9.17) is 0 Å². The molecule has 0 atom stereocenters. The lowest BCUT2D eigenvalue weighted by atomic mass is 9.94. The molecule has 2 saturated heterocycles. The maximum atomic E-state index is 12.6. The summed E-state index contributed by atoms with van der Waals surface area (Å²) in [5.41, 5.74) is 0.767. The number of likely N-dealkylation sites (tertiary alicyclic amines) is 2. The van der Waals surface area contributed by atoms with Crippen LogP contribution in [0.3, 0.4) is 0 Å². The summed E-state index contributed by atoms with van der Waals surface area (Å²) < 4.78 is 0. The largest absolute Gasteiger partial charge is 0.342 e. The van der Waals surface area contributed by atoms with Gasteiger partial charge in [-0.1, -0.05) is 0 Å². The molecule has 1 aromatic carbocycles. The summed E-state index contributed by atoms with van der Waals surface area (Å²) in [7, 11) is 0. The Bertz CT molecular complexity index is 715. The summed E-state index contributed by atoms with van der Waals surface area (Å²) in [6.07, 6.45) is 7.98. The summed E-state index contributed by atoms with van der Waals surface area (Å²) >= 11 is 0. The van der Waals surface area contributed by atoms with Gasteiger partial charge in [0.15, 0.2) is 0 Å². The summed E-state index contributed by atoms with van der Waals surface area (Å²) in [4.78, 5) is 38.9. The fraction of sp³-hybridized carbons (Fsp3) is 0.500. The first-order chi connectivity index (χ1) is 13.0. The monoisotopic (exact) mass is 371 g/mol. The van der Waals surface area contributed by atoms with Gasteiger partial charge >= 0.3 is 0 Å². The van der Waals surface area contributed by atoms with E-state index in [2.05, 4.69) is 0 Å². The van der Waals surface area contributed by atoms with E-state index in [9.17, 15) is 19.7 Å². The third kappa shape index (κ3) is 4.93. The van der Waals surface area contributed by atoms with Crippen LogP contribution < -0.4 is 0 Å². The molecular weight excluding hydrogens is 346 g/mol. The van der Waals surface area contributed by atoms with E-state index in [0.717, 1.165) is 31.5 Å². The lowest BCUT2D eigenvalue weighted by Crippen LogP contribution is -2.45. The smallest absolute Gasteiger partial charge is 0.269 e. The van der Waals surface area contributed by atoms with Crippen molar-refractivity contribution in [2.45, 2.75) is 32.1 Å². The number of hydrogen-bond donors (Lipinski definition) is 0. The lowest BCUT2D eigenvalue weighted by molar-refractivity contribution is -0.384. The molecule has 3 rings (SSSR count). The molecule has 0 radical (unpaired) electrons. The van der Waals surface area contributed by atoms with Crippen molar-refractivity contribution < 1.29 is 14.5 Å². The number of non-ortho nitro benzene ring substituents is 1. The van der Waals surface area contributed by atoms with Crippen LogP contribution in [0.4, 0.5) is 5.69 Å². The average Bonchev–Trinajstić information content (AvgIpc) is 2.72. The van der Waals surface area contributed by atoms with Crippen molar-refractivity contribution in [2.75, 3.05) is 26.2 Å². The Kier molecular flexibility index (Phi) is 6.21. The van der Waals surface area contributed by atoms with Gasteiger partial charge in [0.1, 0.15) is 0 Å². The minimum atomic E-state index is -0.450. The van der Waals surface area contributed by atoms with E-state index >= 15 is 0 Å². The molecule has 2 fully saturated rings. The highest BCUT2D eigenvalue weighted by molar-refractivity contribution is 5.92. The molecule has 7 nitrogen and oxygen atoms in total. The molecule has 0 unspecified atom stereocenters. The van der Waals surface area contributed by atoms with E-state index in [1.54, 1.807) is 23.1 Å². The van der Waals surface area contributed by atoms with Gasteiger partial charge in [0, 0.05) is 50.3 Å². The average molecular weight is 371 g/mol. The van der Waals surface area contributed by atoms with E-state index in [1.165, 1.54) is 24.6 Å². The number of benzene rings is 1. The van der Waals surface area contributed by atoms with Crippen LogP contribution in [0.5, 0.6) is 0 Å². The van der Waals surface area contributed by atoms with Gasteiger partial charge < -0.3 is 9.80 Å². The quantitative estimate of drug-likeness (QED) is 0.463. The summed E-state index contributed by atoms with van der Waals surface area (Å²) in [6.45, 7) is 2.92. The van der Waals surface area contributed by atoms with Crippen molar-refractivity contribution in [3.05, 3.63) is 46.0 Å². The molecule has 0 aromatic heterocycles. The fourth-order valence-electron chi connectivity index (χ4n) is 3.70. The lowest BCUT2D eigenvalue weighted by Gasteiger charge is -2.35. The van der Waals surface area contributed by atoms with E-state index in [-0.39, 0.29) is 23.4 Å². The number of amides is 2. The molecule has 27 heavy (non-hydrogen) atoms. The van der Waals surface area contributed by atoms with Crippen LogP contribution in [0.15, 0.2) is 30.3 Å². The van der Waals surface area contributed by atoms with Crippen molar-refractivity contribution in [3.63, 3.8) is 0 Å². The first kappa shape index (κ1) is 19.1.